The first kappa shape index (κ1) is 8.55. The van der Waals surface area contributed by atoms with Gasteiger partial charge in [-0.1, -0.05) is 13.8 Å². The van der Waals surface area contributed by atoms with Crippen LogP contribution in [0, 0.1) is 17.2 Å². The van der Waals surface area contributed by atoms with Crippen LogP contribution in [0.4, 0.5) is 0 Å². The minimum absolute atomic E-state index is 0.149. The molecule has 1 aliphatic carbocycles. The van der Waals surface area contributed by atoms with Gasteiger partial charge in [0.15, 0.2) is 0 Å². The van der Waals surface area contributed by atoms with Gasteiger partial charge in [-0.15, -0.1) is 0 Å². The Bertz CT molecular complexity index is 163. The molecule has 0 radical (unpaired) electrons. The number of nitrogens with one attached hydrogen (secondary N) is 1. The molecule has 1 rings (SSSR count). The van der Waals surface area contributed by atoms with Crippen molar-refractivity contribution in [3.05, 3.63) is 0 Å². The maximum Gasteiger partial charge on any atom is 0.106 e. The maximum atomic E-state index is 8.84. The highest BCUT2D eigenvalue weighted by Gasteiger charge is 2.36. The molecule has 1 aliphatic rings. The molecule has 0 aromatic carbocycles. The fourth-order valence-corrected chi connectivity index (χ4v) is 1.26. The van der Waals surface area contributed by atoms with E-state index < -0.39 is 0 Å². The van der Waals surface area contributed by atoms with Crippen LogP contribution in [0.5, 0.6) is 0 Å². The summed E-state index contributed by atoms with van der Waals surface area (Å²) in [5.41, 5.74) is -0.149. The molecule has 1 N–H and O–H groups in total. The third-order valence-corrected chi connectivity index (χ3v) is 2.27. The zero-order chi connectivity index (χ0) is 8.32. The third-order valence-electron chi connectivity index (χ3n) is 2.27. The number of hydrogen-bond acceptors (Lipinski definition) is 2. The van der Waals surface area contributed by atoms with Gasteiger partial charge >= 0.3 is 0 Å². The summed E-state index contributed by atoms with van der Waals surface area (Å²) in [6.45, 7) is 5.29. The van der Waals surface area contributed by atoms with E-state index >= 15 is 0 Å². The van der Waals surface area contributed by atoms with E-state index in [9.17, 15) is 0 Å². The molecule has 0 saturated heterocycles. The van der Waals surface area contributed by atoms with Crippen molar-refractivity contribution in [1.82, 2.24) is 5.32 Å². The molecule has 0 unspecified atom stereocenters. The van der Waals surface area contributed by atoms with Crippen LogP contribution < -0.4 is 5.32 Å². The van der Waals surface area contributed by atoms with Gasteiger partial charge in [-0.25, -0.2) is 0 Å². The molecule has 2 nitrogen and oxygen atoms in total. The monoisotopic (exact) mass is 152 g/mol. The van der Waals surface area contributed by atoms with Crippen molar-refractivity contribution in [3.8, 4) is 6.07 Å². The minimum Gasteiger partial charge on any atom is -0.299 e. The molecule has 0 atom stereocenters. The molecule has 2 heteroatoms. The Morgan fingerprint density at radius 3 is 2.45 bits per heavy atom. The molecule has 0 amide bonds. The summed E-state index contributed by atoms with van der Waals surface area (Å²) >= 11 is 0. The van der Waals surface area contributed by atoms with Crippen LogP contribution in [0.2, 0.25) is 0 Å². The fraction of sp³-hybridized carbons (Fsp3) is 0.889. The van der Waals surface area contributed by atoms with Crippen LogP contribution in [-0.2, 0) is 0 Å². The first-order valence-corrected chi connectivity index (χ1v) is 4.35. The Balaban J connectivity index is 2.29. The van der Waals surface area contributed by atoms with Crippen LogP contribution in [0.15, 0.2) is 0 Å². The van der Waals surface area contributed by atoms with Gasteiger partial charge in [0.1, 0.15) is 5.54 Å². The molecule has 0 aromatic heterocycles. The largest absolute Gasteiger partial charge is 0.299 e. The highest BCUT2D eigenvalue weighted by atomic mass is 15.0. The lowest BCUT2D eigenvalue weighted by atomic mass is 9.78. The molecule has 0 heterocycles. The molecule has 1 fully saturated rings. The fourth-order valence-electron chi connectivity index (χ4n) is 1.26. The highest BCUT2D eigenvalue weighted by molar-refractivity contribution is 5.12. The van der Waals surface area contributed by atoms with Crippen molar-refractivity contribution in [1.29, 1.82) is 5.26 Å². The van der Waals surface area contributed by atoms with Gasteiger partial charge in [0, 0.05) is 0 Å². The van der Waals surface area contributed by atoms with Crippen LogP contribution in [-0.4, -0.2) is 12.1 Å². The summed E-state index contributed by atoms with van der Waals surface area (Å²) in [6.07, 6.45) is 3.28. The van der Waals surface area contributed by atoms with Gasteiger partial charge in [0.25, 0.3) is 0 Å². The standard InChI is InChI=1S/C9H16N2/c1-8(2)6-11-9(7-10)4-3-5-9/h8,11H,3-6H2,1-2H3. The second-order valence-corrected chi connectivity index (χ2v) is 3.82. The van der Waals surface area contributed by atoms with Gasteiger partial charge in [0.05, 0.1) is 6.07 Å². The summed E-state index contributed by atoms with van der Waals surface area (Å²) in [5.74, 6) is 0.640. The van der Waals surface area contributed by atoms with Crippen molar-refractivity contribution in [2.24, 2.45) is 5.92 Å². The zero-order valence-corrected chi connectivity index (χ0v) is 7.35. The van der Waals surface area contributed by atoms with E-state index in [0.29, 0.717) is 5.92 Å². The van der Waals surface area contributed by atoms with Crippen molar-refractivity contribution < 1.29 is 0 Å². The first-order valence-electron chi connectivity index (χ1n) is 4.35. The van der Waals surface area contributed by atoms with Gasteiger partial charge in [-0.3, -0.25) is 5.32 Å². The SMILES string of the molecule is CC(C)CNC1(C#N)CCC1. The Morgan fingerprint density at radius 1 is 1.55 bits per heavy atom. The van der Waals surface area contributed by atoms with Crippen LogP contribution in [0.3, 0.4) is 0 Å². The Morgan fingerprint density at radius 2 is 2.18 bits per heavy atom. The van der Waals surface area contributed by atoms with E-state index in [-0.39, 0.29) is 5.54 Å². The molecule has 1 saturated carbocycles. The van der Waals surface area contributed by atoms with Gasteiger partial charge in [-0.05, 0) is 31.7 Å². The summed E-state index contributed by atoms with van der Waals surface area (Å²) in [6, 6.07) is 2.36. The van der Waals surface area contributed by atoms with Crippen LogP contribution in [0.1, 0.15) is 33.1 Å². The van der Waals surface area contributed by atoms with Crippen molar-refractivity contribution in [3.63, 3.8) is 0 Å². The first-order chi connectivity index (χ1) is 5.18. The van der Waals surface area contributed by atoms with Gasteiger partial charge in [-0.2, -0.15) is 5.26 Å². The predicted octanol–water partition coefficient (Wildman–Crippen LogP) is 1.68. The van der Waals surface area contributed by atoms with Crippen molar-refractivity contribution >= 4 is 0 Å². The Hall–Kier alpha value is -0.550. The lowest BCUT2D eigenvalue weighted by molar-refractivity contribution is 0.245. The van der Waals surface area contributed by atoms with Crippen LogP contribution >= 0.6 is 0 Å². The van der Waals surface area contributed by atoms with E-state index in [0.717, 1.165) is 19.4 Å². The summed E-state index contributed by atoms with van der Waals surface area (Å²) in [7, 11) is 0. The second-order valence-electron chi connectivity index (χ2n) is 3.82. The highest BCUT2D eigenvalue weighted by Crippen LogP contribution is 2.30. The molecule has 0 aliphatic heterocycles. The lowest BCUT2D eigenvalue weighted by Gasteiger charge is -2.36. The smallest absolute Gasteiger partial charge is 0.106 e. The summed E-state index contributed by atoms with van der Waals surface area (Å²) in [5, 5.41) is 12.2. The van der Waals surface area contributed by atoms with Crippen molar-refractivity contribution in [2.75, 3.05) is 6.54 Å². The normalized spacial score (nSPS) is 20.9. The van der Waals surface area contributed by atoms with Crippen LogP contribution in [0.25, 0.3) is 0 Å². The van der Waals surface area contributed by atoms with E-state index in [1.165, 1.54) is 6.42 Å². The second kappa shape index (κ2) is 3.23. The number of nitrogens with zero attached hydrogens (tertiary/aromatic N) is 1. The zero-order valence-electron chi connectivity index (χ0n) is 7.35. The minimum atomic E-state index is -0.149. The topological polar surface area (TPSA) is 35.8 Å². The molecule has 11 heavy (non-hydrogen) atoms. The Labute approximate surface area is 68.6 Å². The van der Waals surface area contributed by atoms with Gasteiger partial charge in [0.2, 0.25) is 0 Å². The predicted molar refractivity (Wildman–Crippen MR) is 45.0 cm³/mol. The third kappa shape index (κ3) is 1.94. The Kier molecular flexibility index (Phi) is 2.51. The van der Waals surface area contributed by atoms with Crippen molar-refractivity contribution in [2.45, 2.75) is 38.6 Å². The van der Waals surface area contributed by atoms with E-state index in [1.54, 1.807) is 0 Å². The summed E-state index contributed by atoms with van der Waals surface area (Å²) < 4.78 is 0. The summed E-state index contributed by atoms with van der Waals surface area (Å²) in [4.78, 5) is 0. The number of nitriles is 1. The van der Waals surface area contributed by atoms with Gasteiger partial charge < -0.3 is 0 Å². The average Bonchev–Trinajstić information content (AvgIpc) is 1.86. The quantitative estimate of drug-likeness (QED) is 0.667. The molecular formula is C9H16N2. The number of rotatable bonds is 3. The molecule has 0 aromatic rings. The van der Waals surface area contributed by atoms with E-state index in [4.69, 9.17) is 5.26 Å². The molecule has 0 bridgehead atoms. The molecule has 62 valence electrons. The van der Waals surface area contributed by atoms with E-state index in [2.05, 4.69) is 25.2 Å². The number of hydrogen-bond donors (Lipinski definition) is 1. The van der Waals surface area contributed by atoms with E-state index in [1.807, 2.05) is 0 Å². The lowest BCUT2D eigenvalue weighted by Crippen LogP contribution is -2.50. The average molecular weight is 152 g/mol. The molecule has 0 spiro atoms. The maximum absolute atomic E-state index is 8.84. The molecular weight excluding hydrogens is 136 g/mol.